The quantitative estimate of drug-likeness (QED) is 0.604. The molecule has 0 radical (unpaired) electrons. The zero-order valence-electron chi connectivity index (χ0n) is 14.1. The minimum Gasteiger partial charge on any atom is -0.503 e. The number of rotatable bonds is 3. The number of benzene rings is 1. The summed E-state index contributed by atoms with van der Waals surface area (Å²) < 4.78 is 5.15. The largest absolute Gasteiger partial charge is 0.503 e. The molecule has 0 spiro atoms. The predicted molar refractivity (Wildman–Crippen MR) is 100 cm³/mol. The lowest BCUT2D eigenvalue weighted by atomic mass is 9.68. The topological polar surface area (TPSA) is 66.8 Å². The van der Waals surface area contributed by atoms with Gasteiger partial charge in [-0.25, -0.2) is 0 Å². The van der Waals surface area contributed by atoms with Crippen LogP contribution in [-0.2, 0) is 9.59 Å². The van der Waals surface area contributed by atoms with E-state index in [4.69, 9.17) is 39.5 Å². The Hall–Kier alpha value is -1.69. The van der Waals surface area contributed by atoms with Gasteiger partial charge in [0.15, 0.2) is 21.2 Å². The van der Waals surface area contributed by atoms with Gasteiger partial charge in [0.25, 0.3) is 11.8 Å². The third-order valence-corrected chi connectivity index (χ3v) is 6.73. The van der Waals surface area contributed by atoms with Gasteiger partial charge in [0.2, 0.25) is 0 Å². The highest BCUT2D eigenvalue weighted by molar-refractivity contribution is 6.53. The number of methoxy groups -OCH3 is 1. The monoisotopic (exact) mass is 415 g/mol. The predicted octanol–water partition coefficient (Wildman–Crippen LogP) is 3.61. The van der Waals surface area contributed by atoms with Gasteiger partial charge in [-0.3, -0.25) is 14.5 Å². The second-order valence-corrected chi connectivity index (χ2v) is 7.93. The van der Waals surface area contributed by atoms with Crippen molar-refractivity contribution >= 4 is 46.6 Å². The van der Waals surface area contributed by atoms with E-state index in [-0.39, 0.29) is 22.9 Å². The number of nitrogens with zero attached hydrogens (tertiary/aromatic N) is 1. The second kappa shape index (κ2) is 6.19. The zero-order valence-corrected chi connectivity index (χ0v) is 16.3. The Morgan fingerprint density at radius 2 is 2.00 bits per heavy atom. The van der Waals surface area contributed by atoms with Crippen LogP contribution in [0, 0.1) is 0 Å². The van der Waals surface area contributed by atoms with Crippen LogP contribution in [0.15, 0.2) is 36.4 Å². The lowest BCUT2D eigenvalue weighted by molar-refractivity contribution is -0.137. The molecule has 1 fully saturated rings. The second-order valence-electron chi connectivity index (χ2n) is 6.28. The van der Waals surface area contributed by atoms with Crippen molar-refractivity contribution in [2.75, 3.05) is 14.2 Å². The zero-order chi connectivity index (χ0) is 19.4. The average molecular weight is 417 g/mol. The third kappa shape index (κ3) is 2.24. The summed E-state index contributed by atoms with van der Waals surface area (Å²) in [6, 6.07) is 3.00. The molecule has 26 heavy (non-hydrogen) atoms. The first-order valence-electron chi connectivity index (χ1n) is 7.72. The van der Waals surface area contributed by atoms with Crippen molar-refractivity contribution in [3.8, 4) is 11.5 Å². The molecule has 1 aromatic carbocycles. The van der Waals surface area contributed by atoms with E-state index in [1.54, 1.807) is 12.2 Å². The molecule has 1 aliphatic heterocycles. The molecule has 1 aromatic rings. The number of imide groups is 1. The molecule has 3 atom stereocenters. The summed E-state index contributed by atoms with van der Waals surface area (Å²) in [6.45, 7) is 3.78. The first-order valence-corrected chi connectivity index (χ1v) is 8.86. The third-order valence-electron chi connectivity index (χ3n) is 5.03. The van der Waals surface area contributed by atoms with Gasteiger partial charge in [0, 0.05) is 13.0 Å². The molecular weight excluding hydrogens is 401 g/mol. The molecule has 1 heterocycles. The van der Waals surface area contributed by atoms with Crippen LogP contribution >= 0.6 is 34.8 Å². The molecule has 3 unspecified atom stereocenters. The summed E-state index contributed by atoms with van der Waals surface area (Å²) in [7, 11) is 2.73. The van der Waals surface area contributed by atoms with E-state index in [9.17, 15) is 14.7 Å². The maximum atomic E-state index is 12.9. The van der Waals surface area contributed by atoms with E-state index in [0.717, 1.165) is 4.90 Å². The Bertz CT molecular complexity index is 868. The molecule has 0 bridgehead atoms. The van der Waals surface area contributed by atoms with Gasteiger partial charge in [0.05, 0.1) is 12.1 Å². The fourth-order valence-corrected chi connectivity index (χ4v) is 4.81. The summed E-state index contributed by atoms with van der Waals surface area (Å²) in [5.41, 5.74) is 1.11. The van der Waals surface area contributed by atoms with Crippen LogP contribution in [0.5, 0.6) is 11.5 Å². The van der Waals surface area contributed by atoms with Crippen molar-refractivity contribution in [2.45, 2.75) is 22.1 Å². The van der Waals surface area contributed by atoms with Gasteiger partial charge in [-0.05, 0) is 29.7 Å². The van der Waals surface area contributed by atoms with Crippen LogP contribution in [0.4, 0.5) is 0 Å². The minimum atomic E-state index is -1.76. The molecule has 5 nitrogen and oxygen atoms in total. The highest BCUT2D eigenvalue weighted by Gasteiger charge is 2.72. The summed E-state index contributed by atoms with van der Waals surface area (Å²) in [6.07, 6.45) is 3.39. The van der Waals surface area contributed by atoms with Crippen LogP contribution in [-0.4, -0.2) is 45.7 Å². The van der Waals surface area contributed by atoms with E-state index in [1.165, 1.54) is 26.3 Å². The Balaban J connectivity index is 2.30. The number of likely N-dealkylation sites (tertiary alicyclic amines) is 1. The normalized spacial score (nSPS) is 30.9. The molecule has 0 saturated carbocycles. The lowest BCUT2D eigenvalue weighted by Gasteiger charge is -2.42. The van der Waals surface area contributed by atoms with Crippen molar-refractivity contribution in [1.29, 1.82) is 0 Å². The standard InChI is InChI=1S/C18H16Cl3NO4/c1-4-9-5-6-17(20)15(24)22(2)16(25)18(17,21)13(9)10-7-11(19)14(23)12(8-10)26-3/h4-5,7-8,13,23H,1,6H2,2-3H3. The van der Waals surface area contributed by atoms with Gasteiger partial charge >= 0.3 is 0 Å². The fraction of sp³-hybridized carbons (Fsp3) is 0.333. The van der Waals surface area contributed by atoms with Crippen LogP contribution in [0.25, 0.3) is 0 Å². The van der Waals surface area contributed by atoms with Crippen molar-refractivity contribution in [3.05, 3.63) is 47.0 Å². The molecule has 2 aliphatic rings. The van der Waals surface area contributed by atoms with Gasteiger partial charge < -0.3 is 9.84 Å². The van der Waals surface area contributed by atoms with Gasteiger partial charge in [-0.2, -0.15) is 0 Å². The smallest absolute Gasteiger partial charge is 0.253 e. The van der Waals surface area contributed by atoms with Crippen molar-refractivity contribution in [1.82, 2.24) is 4.90 Å². The number of fused-ring (bicyclic) bond motifs is 1. The molecular formula is C18H16Cl3NO4. The summed E-state index contributed by atoms with van der Waals surface area (Å²) in [5, 5.41) is 10.0. The number of hydrogen-bond donors (Lipinski definition) is 1. The molecule has 1 saturated heterocycles. The van der Waals surface area contributed by atoms with Crippen molar-refractivity contribution < 1.29 is 19.4 Å². The number of carbonyl (C=O) groups is 2. The number of alkyl halides is 2. The highest BCUT2D eigenvalue weighted by atomic mass is 35.5. The minimum absolute atomic E-state index is 0.0268. The van der Waals surface area contributed by atoms with Crippen LogP contribution in [0.2, 0.25) is 5.02 Å². The summed E-state index contributed by atoms with van der Waals surface area (Å²) >= 11 is 19.6. The van der Waals surface area contributed by atoms with Crippen molar-refractivity contribution in [3.63, 3.8) is 0 Å². The molecule has 8 heteroatoms. The number of phenolic OH excluding ortho intramolecular Hbond substituents is 1. The number of allylic oxidation sites excluding steroid dienone is 3. The van der Waals surface area contributed by atoms with E-state index >= 15 is 0 Å². The van der Waals surface area contributed by atoms with Crippen LogP contribution < -0.4 is 4.74 Å². The number of halogens is 3. The van der Waals surface area contributed by atoms with Crippen LogP contribution in [0.3, 0.4) is 0 Å². The Morgan fingerprint density at radius 3 is 2.58 bits per heavy atom. The Morgan fingerprint density at radius 1 is 1.35 bits per heavy atom. The van der Waals surface area contributed by atoms with E-state index in [2.05, 4.69) is 6.58 Å². The van der Waals surface area contributed by atoms with Crippen LogP contribution in [0.1, 0.15) is 17.9 Å². The average Bonchev–Trinajstić information content (AvgIpc) is 2.75. The number of phenols is 1. The Kier molecular flexibility index (Phi) is 4.54. The number of hydrogen-bond acceptors (Lipinski definition) is 4. The molecule has 1 N–H and O–H groups in total. The molecule has 3 rings (SSSR count). The number of aromatic hydroxyl groups is 1. The molecule has 2 amide bonds. The van der Waals surface area contributed by atoms with E-state index in [0.29, 0.717) is 11.1 Å². The number of carbonyl (C=O) groups excluding carboxylic acids is 2. The lowest BCUT2D eigenvalue weighted by Crippen LogP contribution is -2.54. The summed E-state index contributed by atoms with van der Waals surface area (Å²) in [4.78, 5) is 23.1. The highest BCUT2D eigenvalue weighted by Crippen LogP contribution is 2.59. The first-order chi connectivity index (χ1) is 12.1. The molecule has 1 aliphatic carbocycles. The number of ether oxygens (including phenoxy) is 1. The molecule has 138 valence electrons. The van der Waals surface area contributed by atoms with Gasteiger partial charge in [0.1, 0.15) is 0 Å². The van der Waals surface area contributed by atoms with Gasteiger partial charge in [-0.15, -0.1) is 23.2 Å². The van der Waals surface area contributed by atoms with Gasteiger partial charge in [-0.1, -0.05) is 30.3 Å². The SMILES string of the molecule is C=CC1=CCC2(Cl)C(=O)N(C)C(=O)C2(Cl)C1c1cc(Cl)c(O)c(OC)c1. The van der Waals surface area contributed by atoms with Crippen molar-refractivity contribution in [2.24, 2.45) is 0 Å². The van der Waals surface area contributed by atoms with E-state index < -0.39 is 27.5 Å². The Labute approximate surface area is 165 Å². The van der Waals surface area contributed by atoms with E-state index in [1.807, 2.05) is 0 Å². The number of amides is 2. The molecule has 0 aromatic heterocycles. The maximum absolute atomic E-state index is 12.9. The fourth-order valence-electron chi connectivity index (χ4n) is 3.66. The summed E-state index contributed by atoms with van der Waals surface area (Å²) in [5.74, 6) is -2.07. The first kappa shape index (κ1) is 19.1. The maximum Gasteiger partial charge on any atom is 0.253 e.